The van der Waals surface area contributed by atoms with Crippen LogP contribution in [0.5, 0.6) is 5.75 Å². The molecule has 1 aromatic heterocycles. The van der Waals surface area contributed by atoms with Gasteiger partial charge in [0.05, 0.1) is 25.0 Å². The van der Waals surface area contributed by atoms with Crippen LogP contribution in [0.3, 0.4) is 0 Å². The molecule has 1 aliphatic heterocycles. The highest BCUT2D eigenvalue weighted by Gasteiger charge is 2.37. The SMILES string of the molecule is O=C(c1ccoc1)N1CCC[C@](CO)(CCOc2ccccc2)C1. The van der Waals surface area contributed by atoms with E-state index >= 15 is 0 Å². The third-order valence-corrected chi connectivity index (χ3v) is 4.70. The standard InChI is InChI=1S/C19H23NO4/c21-15-19(9-12-24-17-5-2-1-3-6-17)8-4-10-20(14-19)18(22)16-7-11-23-13-16/h1-3,5-7,11,13,21H,4,8-10,12,14-15H2/t19-/m0/s1. The summed E-state index contributed by atoms with van der Waals surface area (Å²) >= 11 is 0. The number of carbonyl (C=O) groups is 1. The Labute approximate surface area is 141 Å². The number of likely N-dealkylation sites (tertiary alicyclic amines) is 1. The van der Waals surface area contributed by atoms with Crippen molar-refractivity contribution in [3.63, 3.8) is 0 Å². The number of hydrogen-bond acceptors (Lipinski definition) is 4. The van der Waals surface area contributed by atoms with Crippen molar-refractivity contribution in [2.75, 3.05) is 26.3 Å². The third kappa shape index (κ3) is 3.79. The van der Waals surface area contributed by atoms with Crippen LogP contribution in [0, 0.1) is 5.41 Å². The zero-order valence-corrected chi connectivity index (χ0v) is 13.7. The summed E-state index contributed by atoms with van der Waals surface area (Å²) in [6.07, 6.45) is 5.47. The molecular weight excluding hydrogens is 306 g/mol. The van der Waals surface area contributed by atoms with Crippen molar-refractivity contribution >= 4 is 5.91 Å². The molecular formula is C19H23NO4. The predicted molar refractivity (Wildman–Crippen MR) is 89.9 cm³/mol. The van der Waals surface area contributed by atoms with Crippen LogP contribution >= 0.6 is 0 Å². The van der Waals surface area contributed by atoms with E-state index in [0.29, 0.717) is 31.7 Å². The first-order valence-corrected chi connectivity index (χ1v) is 8.33. The maximum atomic E-state index is 12.5. The van der Waals surface area contributed by atoms with E-state index in [4.69, 9.17) is 9.15 Å². The smallest absolute Gasteiger partial charge is 0.257 e. The monoisotopic (exact) mass is 329 g/mol. The molecule has 0 aliphatic carbocycles. The van der Waals surface area contributed by atoms with E-state index in [2.05, 4.69) is 0 Å². The molecule has 5 heteroatoms. The van der Waals surface area contributed by atoms with Crippen molar-refractivity contribution in [3.05, 3.63) is 54.5 Å². The second kappa shape index (κ2) is 7.53. The first-order chi connectivity index (χ1) is 11.7. The van der Waals surface area contributed by atoms with Crippen molar-refractivity contribution in [2.45, 2.75) is 19.3 Å². The summed E-state index contributed by atoms with van der Waals surface area (Å²) in [5, 5.41) is 9.96. The number of amides is 1. The van der Waals surface area contributed by atoms with Crippen molar-refractivity contribution in [3.8, 4) is 5.75 Å². The number of rotatable bonds is 6. The second-order valence-corrected chi connectivity index (χ2v) is 6.41. The summed E-state index contributed by atoms with van der Waals surface area (Å²) in [7, 11) is 0. The number of benzene rings is 1. The molecule has 1 amide bonds. The molecule has 0 radical (unpaired) electrons. The van der Waals surface area contributed by atoms with Crippen LogP contribution in [-0.4, -0.2) is 42.2 Å². The molecule has 24 heavy (non-hydrogen) atoms. The molecule has 0 bridgehead atoms. The molecule has 1 atom stereocenters. The third-order valence-electron chi connectivity index (χ3n) is 4.70. The molecule has 1 aliphatic rings. The zero-order valence-electron chi connectivity index (χ0n) is 13.7. The lowest BCUT2D eigenvalue weighted by molar-refractivity contribution is 0.0156. The van der Waals surface area contributed by atoms with Gasteiger partial charge in [-0.05, 0) is 37.5 Å². The largest absolute Gasteiger partial charge is 0.494 e. The summed E-state index contributed by atoms with van der Waals surface area (Å²) < 4.78 is 10.8. The number of hydrogen-bond donors (Lipinski definition) is 1. The van der Waals surface area contributed by atoms with Crippen LogP contribution in [0.1, 0.15) is 29.6 Å². The number of piperidine rings is 1. The molecule has 0 unspecified atom stereocenters. The quantitative estimate of drug-likeness (QED) is 0.885. The Bertz CT molecular complexity index is 641. The van der Waals surface area contributed by atoms with E-state index in [1.807, 2.05) is 35.2 Å². The Kier molecular flexibility index (Phi) is 5.20. The highest BCUT2D eigenvalue weighted by molar-refractivity contribution is 5.93. The molecule has 1 aromatic carbocycles. The lowest BCUT2D eigenvalue weighted by Gasteiger charge is -2.41. The molecule has 1 fully saturated rings. The molecule has 0 spiro atoms. The average molecular weight is 329 g/mol. The number of para-hydroxylation sites is 1. The van der Waals surface area contributed by atoms with Gasteiger partial charge in [-0.3, -0.25) is 4.79 Å². The number of carbonyl (C=O) groups excluding carboxylic acids is 1. The highest BCUT2D eigenvalue weighted by atomic mass is 16.5. The van der Waals surface area contributed by atoms with Crippen molar-refractivity contribution in [2.24, 2.45) is 5.41 Å². The highest BCUT2D eigenvalue weighted by Crippen LogP contribution is 2.34. The molecule has 0 saturated carbocycles. The molecule has 1 N–H and O–H groups in total. The van der Waals surface area contributed by atoms with Crippen LogP contribution in [0.4, 0.5) is 0 Å². The Morgan fingerprint density at radius 1 is 1.29 bits per heavy atom. The summed E-state index contributed by atoms with van der Waals surface area (Å²) in [4.78, 5) is 14.3. The van der Waals surface area contributed by atoms with E-state index in [0.717, 1.165) is 18.6 Å². The Morgan fingerprint density at radius 2 is 2.12 bits per heavy atom. The predicted octanol–water partition coefficient (Wildman–Crippen LogP) is 2.96. The number of furan rings is 1. The number of aliphatic hydroxyl groups is 1. The van der Waals surface area contributed by atoms with Gasteiger partial charge in [-0.15, -0.1) is 0 Å². The van der Waals surface area contributed by atoms with Crippen molar-refractivity contribution < 1.29 is 19.1 Å². The van der Waals surface area contributed by atoms with Crippen LogP contribution in [-0.2, 0) is 0 Å². The van der Waals surface area contributed by atoms with Gasteiger partial charge in [0.2, 0.25) is 0 Å². The van der Waals surface area contributed by atoms with Crippen LogP contribution < -0.4 is 4.74 Å². The van der Waals surface area contributed by atoms with Crippen LogP contribution in [0.25, 0.3) is 0 Å². The fourth-order valence-corrected chi connectivity index (χ4v) is 3.26. The Morgan fingerprint density at radius 3 is 2.83 bits per heavy atom. The molecule has 2 aromatic rings. The van der Waals surface area contributed by atoms with Gasteiger partial charge in [0.25, 0.3) is 5.91 Å². The summed E-state index contributed by atoms with van der Waals surface area (Å²) in [6, 6.07) is 11.3. The van der Waals surface area contributed by atoms with E-state index in [1.165, 1.54) is 12.5 Å². The zero-order chi connectivity index (χ0) is 16.8. The van der Waals surface area contributed by atoms with Gasteiger partial charge in [0.1, 0.15) is 12.0 Å². The van der Waals surface area contributed by atoms with Gasteiger partial charge >= 0.3 is 0 Å². The Hall–Kier alpha value is -2.27. The van der Waals surface area contributed by atoms with Gasteiger partial charge in [0.15, 0.2) is 0 Å². The van der Waals surface area contributed by atoms with Gasteiger partial charge in [-0.2, -0.15) is 0 Å². The van der Waals surface area contributed by atoms with Gasteiger partial charge in [0, 0.05) is 18.5 Å². The van der Waals surface area contributed by atoms with E-state index in [9.17, 15) is 9.90 Å². The van der Waals surface area contributed by atoms with E-state index < -0.39 is 0 Å². The maximum absolute atomic E-state index is 12.5. The number of nitrogens with zero attached hydrogens (tertiary/aromatic N) is 1. The average Bonchev–Trinajstić information content (AvgIpc) is 3.17. The first kappa shape index (κ1) is 16.6. The molecule has 2 heterocycles. The Balaban J connectivity index is 1.60. The topological polar surface area (TPSA) is 62.9 Å². The molecule has 128 valence electrons. The minimum atomic E-state index is -0.299. The first-order valence-electron chi connectivity index (χ1n) is 8.33. The van der Waals surface area contributed by atoms with E-state index in [1.54, 1.807) is 6.07 Å². The molecule has 1 saturated heterocycles. The van der Waals surface area contributed by atoms with Gasteiger partial charge in [-0.25, -0.2) is 0 Å². The maximum Gasteiger partial charge on any atom is 0.257 e. The van der Waals surface area contributed by atoms with Gasteiger partial charge in [-0.1, -0.05) is 18.2 Å². The van der Waals surface area contributed by atoms with E-state index in [-0.39, 0.29) is 17.9 Å². The van der Waals surface area contributed by atoms with Crippen molar-refractivity contribution in [1.29, 1.82) is 0 Å². The lowest BCUT2D eigenvalue weighted by Crippen LogP contribution is -2.48. The molecule has 3 rings (SSSR count). The number of ether oxygens (including phenoxy) is 1. The fourth-order valence-electron chi connectivity index (χ4n) is 3.26. The molecule has 5 nitrogen and oxygen atoms in total. The lowest BCUT2D eigenvalue weighted by atomic mass is 9.78. The number of aliphatic hydroxyl groups excluding tert-OH is 1. The van der Waals surface area contributed by atoms with Crippen molar-refractivity contribution in [1.82, 2.24) is 4.90 Å². The summed E-state index contributed by atoms with van der Waals surface area (Å²) in [6.45, 7) is 1.84. The minimum Gasteiger partial charge on any atom is -0.494 e. The van der Waals surface area contributed by atoms with Crippen LogP contribution in [0.15, 0.2) is 53.3 Å². The summed E-state index contributed by atoms with van der Waals surface area (Å²) in [5.74, 6) is 0.790. The summed E-state index contributed by atoms with van der Waals surface area (Å²) in [5.41, 5.74) is 0.260. The second-order valence-electron chi connectivity index (χ2n) is 6.41. The minimum absolute atomic E-state index is 0.0368. The van der Waals surface area contributed by atoms with Crippen LogP contribution in [0.2, 0.25) is 0 Å². The van der Waals surface area contributed by atoms with Gasteiger partial charge < -0.3 is 19.2 Å². The fraction of sp³-hybridized carbons (Fsp3) is 0.421. The normalized spacial score (nSPS) is 20.8.